The monoisotopic (exact) mass is 397 g/mol. The van der Waals surface area contributed by atoms with Crippen LogP contribution in [0, 0.1) is 5.82 Å². The summed E-state index contributed by atoms with van der Waals surface area (Å²) >= 11 is 5.91. The number of halogens is 2. The fourth-order valence-electron chi connectivity index (χ4n) is 2.75. The quantitative estimate of drug-likeness (QED) is 0.553. The van der Waals surface area contributed by atoms with Crippen LogP contribution in [-0.2, 0) is 11.2 Å². The van der Waals surface area contributed by atoms with Crippen molar-refractivity contribution in [1.82, 2.24) is 19.8 Å². The van der Waals surface area contributed by atoms with Gasteiger partial charge in [-0.05, 0) is 48.5 Å². The molecule has 0 aliphatic heterocycles. The highest BCUT2D eigenvalue weighted by Crippen LogP contribution is 2.19. The Hall–Kier alpha value is -3.52. The lowest BCUT2D eigenvalue weighted by Gasteiger charge is -2.06. The van der Waals surface area contributed by atoms with Gasteiger partial charge in [0.15, 0.2) is 5.82 Å². The number of nitrogens with one attached hydrogen (secondary N) is 2. The van der Waals surface area contributed by atoms with E-state index in [-0.39, 0.29) is 29.5 Å². The zero-order valence-electron chi connectivity index (χ0n) is 14.3. The van der Waals surface area contributed by atoms with E-state index in [0.29, 0.717) is 22.0 Å². The number of anilines is 1. The summed E-state index contributed by atoms with van der Waals surface area (Å²) < 4.78 is 14.5. The first-order valence-electron chi connectivity index (χ1n) is 8.28. The van der Waals surface area contributed by atoms with Crippen molar-refractivity contribution >= 4 is 28.7 Å². The molecule has 0 saturated heterocycles. The normalized spacial score (nSPS) is 10.9. The van der Waals surface area contributed by atoms with Crippen molar-refractivity contribution in [2.45, 2.75) is 6.42 Å². The highest BCUT2D eigenvalue weighted by molar-refractivity contribution is 6.30. The Morgan fingerprint density at radius 1 is 1.18 bits per heavy atom. The molecule has 28 heavy (non-hydrogen) atoms. The smallest absolute Gasteiger partial charge is 0.290 e. The first-order valence-corrected chi connectivity index (χ1v) is 8.66. The minimum absolute atomic E-state index is 0.121. The lowest BCUT2D eigenvalue weighted by atomic mass is 10.1. The summed E-state index contributed by atoms with van der Waals surface area (Å²) in [6.45, 7) is 0. The van der Waals surface area contributed by atoms with Crippen molar-refractivity contribution in [2.75, 3.05) is 5.32 Å². The molecule has 0 aliphatic carbocycles. The fraction of sp³-hybridized carbons (Fsp3) is 0.0526. The molecule has 2 aromatic carbocycles. The summed E-state index contributed by atoms with van der Waals surface area (Å²) in [5.41, 5.74) is 1.44. The molecule has 0 aliphatic rings. The minimum atomic E-state index is -0.445. The number of H-pyrrole nitrogens is 1. The van der Waals surface area contributed by atoms with Gasteiger partial charge >= 0.3 is 0 Å². The van der Waals surface area contributed by atoms with E-state index in [4.69, 9.17) is 11.6 Å². The van der Waals surface area contributed by atoms with E-state index < -0.39 is 5.56 Å². The van der Waals surface area contributed by atoms with Crippen LogP contribution in [0.2, 0.25) is 5.02 Å². The predicted octanol–water partition coefficient (Wildman–Crippen LogP) is 3.06. The lowest BCUT2D eigenvalue weighted by Crippen LogP contribution is -2.22. The van der Waals surface area contributed by atoms with E-state index in [1.165, 1.54) is 16.6 Å². The van der Waals surface area contributed by atoms with Gasteiger partial charge in [0.05, 0.1) is 12.1 Å². The van der Waals surface area contributed by atoms with Gasteiger partial charge in [-0.15, -0.1) is 0 Å². The number of aromatic nitrogens is 4. The molecule has 140 valence electrons. The van der Waals surface area contributed by atoms with Gasteiger partial charge in [0.1, 0.15) is 11.3 Å². The number of aromatic amines is 1. The van der Waals surface area contributed by atoms with Crippen molar-refractivity contribution in [3.05, 3.63) is 81.6 Å². The van der Waals surface area contributed by atoms with Gasteiger partial charge < -0.3 is 5.32 Å². The Balaban J connectivity index is 1.65. The van der Waals surface area contributed by atoms with E-state index in [0.717, 1.165) is 0 Å². The van der Waals surface area contributed by atoms with Crippen molar-refractivity contribution in [2.24, 2.45) is 0 Å². The third-order valence-electron chi connectivity index (χ3n) is 4.04. The molecule has 0 bridgehead atoms. The predicted molar refractivity (Wildman–Crippen MR) is 103 cm³/mol. The topological polar surface area (TPSA) is 92.2 Å². The van der Waals surface area contributed by atoms with Gasteiger partial charge in [-0.2, -0.15) is 10.2 Å². The molecule has 9 heteroatoms. The molecule has 0 unspecified atom stereocenters. The zero-order chi connectivity index (χ0) is 19.7. The minimum Gasteiger partial charge on any atom is -0.326 e. The summed E-state index contributed by atoms with van der Waals surface area (Å²) in [6, 6.07) is 14.0. The van der Waals surface area contributed by atoms with Crippen LogP contribution in [0.1, 0.15) is 5.82 Å². The molecule has 2 aromatic heterocycles. The summed E-state index contributed by atoms with van der Waals surface area (Å²) in [5, 5.41) is 13.9. The number of benzene rings is 2. The molecular formula is C19H13ClFN5O2. The van der Waals surface area contributed by atoms with Crippen LogP contribution < -0.4 is 10.9 Å². The second kappa shape index (κ2) is 7.24. The van der Waals surface area contributed by atoms with Gasteiger partial charge in [-0.3, -0.25) is 9.59 Å². The second-order valence-electron chi connectivity index (χ2n) is 6.04. The van der Waals surface area contributed by atoms with E-state index in [9.17, 15) is 14.0 Å². The third kappa shape index (κ3) is 3.63. The van der Waals surface area contributed by atoms with Crippen LogP contribution in [0.15, 0.2) is 59.4 Å². The SMILES string of the molecule is O=C(Cc1n[nH]c(=O)c2cc(-c3ccc(F)cc3)nn12)Nc1cccc(Cl)c1. The summed E-state index contributed by atoms with van der Waals surface area (Å²) in [4.78, 5) is 24.5. The standard InChI is InChI=1S/C19H13ClFN5O2/c20-12-2-1-3-14(8-12)22-18(27)10-17-23-24-19(28)16-9-15(25-26(16)17)11-4-6-13(21)7-5-11/h1-9H,10H2,(H,22,27)(H,24,28). The second-order valence-corrected chi connectivity index (χ2v) is 6.47. The van der Waals surface area contributed by atoms with Crippen LogP contribution in [0.5, 0.6) is 0 Å². The highest BCUT2D eigenvalue weighted by Gasteiger charge is 2.15. The average Bonchev–Trinajstić information content (AvgIpc) is 3.11. The molecule has 2 heterocycles. The van der Waals surface area contributed by atoms with Gasteiger partial charge in [-0.25, -0.2) is 14.0 Å². The maximum Gasteiger partial charge on any atom is 0.290 e. The number of rotatable bonds is 4. The summed E-state index contributed by atoms with van der Waals surface area (Å²) in [6.07, 6.45) is -0.121. The molecule has 2 N–H and O–H groups in total. The van der Waals surface area contributed by atoms with E-state index in [1.54, 1.807) is 42.5 Å². The Bertz CT molecular complexity index is 1230. The van der Waals surface area contributed by atoms with E-state index in [1.807, 2.05) is 0 Å². The first kappa shape index (κ1) is 17.9. The molecule has 0 radical (unpaired) electrons. The average molecular weight is 398 g/mol. The molecule has 0 atom stereocenters. The van der Waals surface area contributed by atoms with Crippen LogP contribution in [0.3, 0.4) is 0 Å². The Labute approximate surface area is 162 Å². The molecular weight excluding hydrogens is 385 g/mol. The van der Waals surface area contributed by atoms with Crippen LogP contribution in [0.4, 0.5) is 10.1 Å². The number of fused-ring (bicyclic) bond motifs is 1. The number of carbonyl (C=O) groups is 1. The van der Waals surface area contributed by atoms with Crippen LogP contribution in [-0.4, -0.2) is 25.7 Å². The van der Waals surface area contributed by atoms with Gasteiger partial charge in [-0.1, -0.05) is 17.7 Å². The Morgan fingerprint density at radius 2 is 1.96 bits per heavy atom. The lowest BCUT2D eigenvalue weighted by molar-refractivity contribution is -0.115. The molecule has 0 saturated carbocycles. The molecule has 4 aromatic rings. The number of carbonyl (C=O) groups excluding carboxylic acids is 1. The van der Waals surface area contributed by atoms with E-state index in [2.05, 4.69) is 20.6 Å². The van der Waals surface area contributed by atoms with Gasteiger partial charge in [0.25, 0.3) is 5.56 Å². The molecule has 7 nitrogen and oxygen atoms in total. The number of nitrogens with zero attached hydrogens (tertiary/aromatic N) is 3. The van der Waals surface area contributed by atoms with Crippen molar-refractivity contribution in [3.8, 4) is 11.3 Å². The third-order valence-corrected chi connectivity index (χ3v) is 4.28. The van der Waals surface area contributed by atoms with Crippen molar-refractivity contribution < 1.29 is 9.18 Å². The summed E-state index contributed by atoms with van der Waals surface area (Å²) in [7, 11) is 0. The fourth-order valence-corrected chi connectivity index (χ4v) is 2.94. The number of hydrogen-bond donors (Lipinski definition) is 2. The molecule has 0 fully saturated rings. The zero-order valence-corrected chi connectivity index (χ0v) is 15.1. The highest BCUT2D eigenvalue weighted by atomic mass is 35.5. The van der Waals surface area contributed by atoms with Gasteiger partial charge in [0, 0.05) is 16.3 Å². The largest absolute Gasteiger partial charge is 0.326 e. The van der Waals surface area contributed by atoms with Crippen molar-refractivity contribution in [3.63, 3.8) is 0 Å². The number of amides is 1. The van der Waals surface area contributed by atoms with Crippen LogP contribution in [0.25, 0.3) is 16.8 Å². The summed E-state index contributed by atoms with van der Waals surface area (Å²) in [5.74, 6) is -0.463. The molecule has 0 spiro atoms. The molecule has 1 amide bonds. The maximum atomic E-state index is 13.1. The van der Waals surface area contributed by atoms with Crippen molar-refractivity contribution in [1.29, 1.82) is 0 Å². The van der Waals surface area contributed by atoms with Gasteiger partial charge in [0.2, 0.25) is 5.91 Å². The number of hydrogen-bond acceptors (Lipinski definition) is 4. The van der Waals surface area contributed by atoms with E-state index >= 15 is 0 Å². The first-order chi connectivity index (χ1) is 13.5. The Morgan fingerprint density at radius 3 is 2.71 bits per heavy atom. The molecule has 4 rings (SSSR count). The Kier molecular flexibility index (Phi) is 4.62. The van der Waals surface area contributed by atoms with Crippen LogP contribution >= 0.6 is 11.6 Å². The maximum absolute atomic E-state index is 13.1.